The molecule has 0 aliphatic carbocycles. The van der Waals surface area contributed by atoms with Gasteiger partial charge in [0, 0.05) is 24.4 Å². The van der Waals surface area contributed by atoms with E-state index in [1.54, 1.807) is 12.5 Å². The molecule has 1 heterocycles. The maximum atomic E-state index is 10.2. The van der Waals surface area contributed by atoms with Gasteiger partial charge in [-0.1, -0.05) is 0 Å². The van der Waals surface area contributed by atoms with Gasteiger partial charge in [0.2, 0.25) is 0 Å². The van der Waals surface area contributed by atoms with Crippen LogP contribution in [0.15, 0.2) is 12.5 Å². The smallest absolute Gasteiger partial charge is 0.0977 e. The molecule has 0 aromatic carbocycles. The summed E-state index contributed by atoms with van der Waals surface area (Å²) < 4.78 is 0. The zero-order chi connectivity index (χ0) is 7.40. The average molecular weight is 140 g/mol. The van der Waals surface area contributed by atoms with Crippen LogP contribution in [0, 0.1) is 0 Å². The molecule has 4 heteroatoms. The third-order valence-electron chi connectivity index (χ3n) is 1.25. The first-order chi connectivity index (χ1) is 4.83. The van der Waals surface area contributed by atoms with E-state index in [9.17, 15) is 5.11 Å². The van der Waals surface area contributed by atoms with E-state index in [4.69, 9.17) is 5.73 Å². The van der Waals surface area contributed by atoms with Gasteiger partial charge in [0.15, 0.2) is 0 Å². The summed E-state index contributed by atoms with van der Waals surface area (Å²) in [5.74, 6) is 0. The van der Waals surface area contributed by atoms with Gasteiger partial charge in [0.05, 0.1) is 12.9 Å². The maximum absolute atomic E-state index is 10.2. The molecule has 4 nitrogen and oxygen atoms in total. The van der Waals surface area contributed by atoms with Crippen molar-refractivity contribution < 1.29 is 5.11 Å². The van der Waals surface area contributed by atoms with Crippen molar-refractivity contribution in [3.8, 4) is 0 Å². The predicted molar refractivity (Wildman–Crippen MR) is 35.8 cm³/mol. The average Bonchev–Trinajstić information content (AvgIpc) is 2.40. The first kappa shape index (κ1) is 7.24. The minimum absolute atomic E-state index is 0.237. The van der Waals surface area contributed by atoms with Crippen LogP contribution in [0.2, 0.25) is 0 Å². The van der Waals surface area contributed by atoms with Gasteiger partial charge in [-0.25, -0.2) is 10.1 Å². The standard InChI is InChI=1S/C6H10N3O/c7-5(3-10)1-6-2-8-4-9-6/h2,4-5H,1,3,7H2,(H,8,9). The van der Waals surface area contributed by atoms with Crippen molar-refractivity contribution in [3.63, 3.8) is 0 Å². The molecule has 10 heavy (non-hydrogen) atoms. The van der Waals surface area contributed by atoms with E-state index in [2.05, 4.69) is 9.97 Å². The van der Waals surface area contributed by atoms with Crippen molar-refractivity contribution in [3.05, 3.63) is 18.2 Å². The van der Waals surface area contributed by atoms with Gasteiger partial charge in [0.1, 0.15) is 0 Å². The van der Waals surface area contributed by atoms with Crippen LogP contribution < -0.4 is 5.73 Å². The van der Waals surface area contributed by atoms with E-state index in [-0.39, 0.29) is 12.6 Å². The molecule has 1 aromatic rings. The van der Waals surface area contributed by atoms with E-state index in [0.29, 0.717) is 6.42 Å². The van der Waals surface area contributed by atoms with E-state index in [1.807, 2.05) is 0 Å². The second kappa shape index (κ2) is 3.34. The van der Waals surface area contributed by atoms with Crippen LogP contribution in [0.1, 0.15) is 5.69 Å². The Bertz CT molecular complexity index is 173. The lowest BCUT2D eigenvalue weighted by Gasteiger charge is -2.02. The van der Waals surface area contributed by atoms with Crippen LogP contribution in [0.3, 0.4) is 0 Å². The number of aromatic amines is 1. The Labute approximate surface area is 59.1 Å². The second-order valence-electron chi connectivity index (χ2n) is 2.21. The minimum Gasteiger partial charge on any atom is -0.348 e. The van der Waals surface area contributed by atoms with Crippen LogP contribution >= 0.6 is 0 Å². The maximum Gasteiger partial charge on any atom is 0.0977 e. The van der Waals surface area contributed by atoms with Crippen LogP contribution in [-0.4, -0.2) is 22.6 Å². The zero-order valence-corrected chi connectivity index (χ0v) is 5.58. The number of nitrogens with one attached hydrogen (secondary N) is 1. The molecule has 0 fully saturated rings. The highest BCUT2D eigenvalue weighted by molar-refractivity contribution is 4.96. The summed E-state index contributed by atoms with van der Waals surface area (Å²) in [7, 11) is 0. The molecular formula is C6H10N3O. The van der Waals surface area contributed by atoms with E-state index in [1.165, 1.54) is 0 Å². The molecule has 1 aromatic heterocycles. The minimum atomic E-state index is -0.291. The van der Waals surface area contributed by atoms with E-state index in [0.717, 1.165) is 5.69 Å². The molecule has 1 rings (SSSR count). The normalized spacial score (nSPS) is 13.4. The Balaban J connectivity index is 2.40. The van der Waals surface area contributed by atoms with Gasteiger partial charge in [0.25, 0.3) is 0 Å². The van der Waals surface area contributed by atoms with Gasteiger partial charge in [-0.2, -0.15) is 0 Å². The first-order valence-corrected chi connectivity index (χ1v) is 3.14. The summed E-state index contributed by atoms with van der Waals surface area (Å²) >= 11 is 0. The predicted octanol–water partition coefficient (Wildman–Crippen LogP) is -0.290. The molecule has 0 saturated carbocycles. The molecule has 1 radical (unpaired) electrons. The van der Waals surface area contributed by atoms with Gasteiger partial charge >= 0.3 is 0 Å². The molecule has 0 aliphatic heterocycles. The molecule has 0 spiro atoms. The molecule has 0 bridgehead atoms. The van der Waals surface area contributed by atoms with Crippen molar-refractivity contribution in [2.24, 2.45) is 5.73 Å². The number of hydrogen-bond acceptors (Lipinski definition) is 2. The topological polar surface area (TPSA) is 74.6 Å². The zero-order valence-electron chi connectivity index (χ0n) is 5.58. The number of H-pyrrole nitrogens is 1. The van der Waals surface area contributed by atoms with Crippen molar-refractivity contribution in [2.75, 3.05) is 6.61 Å². The highest BCUT2D eigenvalue weighted by atomic mass is 16.3. The highest BCUT2D eigenvalue weighted by Crippen LogP contribution is 1.94. The van der Waals surface area contributed by atoms with Crippen molar-refractivity contribution in [1.82, 2.24) is 9.97 Å². The second-order valence-corrected chi connectivity index (χ2v) is 2.21. The molecule has 0 aliphatic rings. The quantitative estimate of drug-likeness (QED) is 0.605. The fourth-order valence-corrected chi connectivity index (χ4v) is 0.738. The van der Waals surface area contributed by atoms with Crippen LogP contribution in [0.4, 0.5) is 0 Å². The van der Waals surface area contributed by atoms with Crippen LogP contribution in [0.25, 0.3) is 0 Å². The molecule has 3 N–H and O–H groups in total. The SMILES string of the molecule is NC(C[O])Cc1cnc[nH]1. The molecule has 0 saturated heterocycles. The van der Waals surface area contributed by atoms with E-state index < -0.39 is 0 Å². The Morgan fingerprint density at radius 2 is 2.60 bits per heavy atom. The highest BCUT2D eigenvalue weighted by Gasteiger charge is 2.02. The summed E-state index contributed by atoms with van der Waals surface area (Å²) in [5.41, 5.74) is 6.32. The third-order valence-corrected chi connectivity index (χ3v) is 1.25. The Morgan fingerprint density at radius 1 is 1.80 bits per heavy atom. The number of nitrogens with two attached hydrogens (primary N) is 1. The summed E-state index contributed by atoms with van der Waals surface area (Å²) in [6.07, 6.45) is 3.84. The Kier molecular flexibility index (Phi) is 2.42. The van der Waals surface area contributed by atoms with Gasteiger partial charge in [-0.3, -0.25) is 0 Å². The number of aromatic nitrogens is 2. The summed E-state index contributed by atoms with van der Waals surface area (Å²) in [5, 5.41) is 10.2. The lowest BCUT2D eigenvalue weighted by atomic mass is 10.2. The van der Waals surface area contributed by atoms with Crippen molar-refractivity contribution >= 4 is 0 Å². The van der Waals surface area contributed by atoms with Crippen LogP contribution in [-0.2, 0) is 11.5 Å². The number of nitrogens with zero attached hydrogens (tertiary/aromatic N) is 1. The van der Waals surface area contributed by atoms with E-state index >= 15 is 0 Å². The Morgan fingerprint density at radius 3 is 3.10 bits per heavy atom. The lowest BCUT2D eigenvalue weighted by Crippen LogP contribution is -2.26. The molecule has 1 unspecified atom stereocenters. The number of rotatable bonds is 3. The monoisotopic (exact) mass is 140 g/mol. The third kappa shape index (κ3) is 1.82. The van der Waals surface area contributed by atoms with Gasteiger partial charge in [-0.15, -0.1) is 0 Å². The molecule has 1 atom stereocenters. The molecule has 55 valence electrons. The summed E-state index contributed by atoms with van der Waals surface area (Å²) in [6, 6.07) is -0.291. The van der Waals surface area contributed by atoms with Gasteiger partial charge in [-0.05, 0) is 0 Å². The number of hydrogen-bond donors (Lipinski definition) is 2. The Hall–Kier alpha value is -0.870. The lowest BCUT2D eigenvalue weighted by molar-refractivity contribution is 0.172. The fraction of sp³-hybridized carbons (Fsp3) is 0.500. The van der Waals surface area contributed by atoms with Crippen LogP contribution in [0.5, 0.6) is 0 Å². The number of imidazole rings is 1. The molecule has 0 amide bonds. The fourth-order valence-electron chi connectivity index (χ4n) is 0.738. The molecular weight excluding hydrogens is 130 g/mol. The largest absolute Gasteiger partial charge is 0.348 e. The summed E-state index contributed by atoms with van der Waals surface area (Å²) in [6.45, 7) is -0.237. The van der Waals surface area contributed by atoms with Gasteiger partial charge < -0.3 is 10.7 Å². The van der Waals surface area contributed by atoms with Crippen molar-refractivity contribution in [2.45, 2.75) is 12.5 Å². The van der Waals surface area contributed by atoms with Crippen molar-refractivity contribution in [1.29, 1.82) is 0 Å². The first-order valence-electron chi connectivity index (χ1n) is 3.14. The summed E-state index contributed by atoms with van der Waals surface area (Å²) in [4.78, 5) is 6.67.